The summed E-state index contributed by atoms with van der Waals surface area (Å²) in [6.07, 6.45) is 0. The first-order valence-corrected chi connectivity index (χ1v) is 10.3. The van der Waals surface area contributed by atoms with Gasteiger partial charge in [0, 0.05) is 52.0 Å². The number of para-hydroxylation sites is 1. The maximum Gasteiger partial charge on any atom is 0.242 e. The fraction of sp³-hybridized carbons (Fsp3) is 0.391. The third-order valence-electron chi connectivity index (χ3n) is 5.26. The van der Waals surface area contributed by atoms with E-state index in [4.69, 9.17) is 0 Å². The Morgan fingerprint density at radius 3 is 2.21 bits per heavy atom. The van der Waals surface area contributed by atoms with E-state index in [1.54, 1.807) is 7.05 Å². The number of benzene rings is 2. The number of hydrogen-bond donors (Lipinski definition) is 1. The molecule has 0 spiro atoms. The van der Waals surface area contributed by atoms with Gasteiger partial charge in [0.05, 0.1) is 6.54 Å². The van der Waals surface area contributed by atoms with Gasteiger partial charge in [-0.2, -0.15) is 0 Å². The fourth-order valence-electron chi connectivity index (χ4n) is 3.59. The topological polar surface area (TPSA) is 51.2 Å². The molecule has 0 unspecified atom stereocenters. The molecule has 3 rings (SSSR count). The molecule has 0 radical (unpaired) electrons. The van der Waals surface area contributed by atoms with Crippen LogP contribution in [0.3, 0.4) is 0 Å². The summed E-state index contributed by atoms with van der Waals surface area (Å²) in [5.41, 5.74) is 2.40. The molecule has 2 aromatic rings. The number of carbonyl (C=O) groups is 1. The number of anilines is 1. The van der Waals surface area contributed by atoms with Gasteiger partial charge in [0.25, 0.3) is 0 Å². The SMILES string of the molecule is CCN(Cc1ccccc1)C(=O)CNC(=NC)N1CCN(c2ccccc2)CC1. The molecule has 6 nitrogen and oxygen atoms in total. The van der Waals surface area contributed by atoms with Crippen LogP contribution < -0.4 is 10.2 Å². The van der Waals surface area contributed by atoms with Gasteiger partial charge in [-0.05, 0) is 24.6 Å². The molecule has 0 atom stereocenters. The van der Waals surface area contributed by atoms with Gasteiger partial charge in [0.1, 0.15) is 0 Å². The highest BCUT2D eigenvalue weighted by molar-refractivity contribution is 5.86. The first kappa shape index (κ1) is 20.7. The van der Waals surface area contributed by atoms with Crippen molar-refractivity contribution in [2.24, 2.45) is 4.99 Å². The molecule has 2 aromatic carbocycles. The van der Waals surface area contributed by atoms with Crippen molar-refractivity contribution in [1.82, 2.24) is 15.1 Å². The lowest BCUT2D eigenvalue weighted by Crippen LogP contribution is -2.54. The molecule has 6 heteroatoms. The number of nitrogens with zero attached hydrogens (tertiary/aromatic N) is 4. The Hall–Kier alpha value is -3.02. The average molecular weight is 394 g/mol. The minimum atomic E-state index is 0.0837. The van der Waals surface area contributed by atoms with Crippen molar-refractivity contribution in [2.45, 2.75) is 13.5 Å². The zero-order valence-corrected chi connectivity index (χ0v) is 17.4. The van der Waals surface area contributed by atoms with Crippen molar-refractivity contribution in [3.63, 3.8) is 0 Å². The van der Waals surface area contributed by atoms with E-state index in [1.165, 1.54) is 5.69 Å². The number of guanidine groups is 1. The molecular weight excluding hydrogens is 362 g/mol. The van der Waals surface area contributed by atoms with Crippen LogP contribution in [0.2, 0.25) is 0 Å². The second-order valence-corrected chi connectivity index (χ2v) is 7.10. The Bertz CT molecular complexity index is 785. The van der Waals surface area contributed by atoms with E-state index in [9.17, 15) is 4.79 Å². The van der Waals surface area contributed by atoms with Crippen LogP contribution in [-0.4, -0.2) is 68.0 Å². The van der Waals surface area contributed by atoms with Gasteiger partial charge < -0.3 is 20.0 Å². The number of aliphatic imine (C=N–C) groups is 1. The van der Waals surface area contributed by atoms with E-state index in [-0.39, 0.29) is 12.5 Å². The van der Waals surface area contributed by atoms with Crippen molar-refractivity contribution >= 4 is 17.6 Å². The molecule has 0 saturated carbocycles. The molecule has 0 bridgehead atoms. The Kier molecular flexibility index (Phi) is 7.50. The summed E-state index contributed by atoms with van der Waals surface area (Å²) in [5, 5.41) is 3.26. The summed E-state index contributed by atoms with van der Waals surface area (Å²) in [7, 11) is 1.78. The Labute approximate surface area is 173 Å². The molecule has 1 aliphatic heterocycles. The Balaban J connectivity index is 1.49. The summed E-state index contributed by atoms with van der Waals surface area (Å²) in [5.74, 6) is 0.877. The molecule has 29 heavy (non-hydrogen) atoms. The van der Waals surface area contributed by atoms with Crippen molar-refractivity contribution < 1.29 is 4.79 Å². The van der Waals surface area contributed by atoms with E-state index in [1.807, 2.05) is 36.1 Å². The highest BCUT2D eigenvalue weighted by atomic mass is 16.2. The molecule has 1 heterocycles. The number of likely N-dealkylation sites (N-methyl/N-ethyl adjacent to an activating group) is 1. The van der Waals surface area contributed by atoms with Gasteiger partial charge in [0.2, 0.25) is 5.91 Å². The van der Waals surface area contributed by atoms with Crippen LogP contribution in [0.25, 0.3) is 0 Å². The predicted molar refractivity (Wildman–Crippen MR) is 119 cm³/mol. The lowest BCUT2D eigenvalue weighted by molar-refractivity contribution is -0.130. The van der Waals surface area contributed by atoms with Gasteiger partial charge in [-0.1, -0.05) is 48.5 Å². The van der Waals surface area contributed by atoms with Crippen LogP contribution in [0, 0.1) is 0 Å². The number of amides is 1. The highest BCUT2D eigenvalue weighted by Gasteiger charge is 2.21. The van der Waals surface area contributed by atoms with E-state index in [2.05, 4.69) is 56.5 Å². The molecule has 1 fully saturated rings. The molecule has 1 saturated heterocycles. The minimum Gasteiger partial charge on any atom is -0.368 e. The smallest absolute Gasteiger partial charge is 0.242 e. The van der Waals surface area contributed by atoms with Gasteiger partial charge in [-0.15, -0.1) is 0 Å². The summed E-state index contributed by atoms with van der Waals surface area (Å²) < 4.78 is 0. The molecule has 1 N–H and O–H groups in total. The zero-order valence-electron chi connectivity index (χ0n) is 17.4. The Morgan fingerprint density at radius 1 is 1.00 bits per heavy atom. The van der Waals surface area contributed by atoms with Crippen LogP contribution in [0.4, 0.5) is 5.69 Å². The van der Waals surface area contributed by atoms with Crippen molar-refractivity contribution in [1.29, 1.82) is 0 Å². The monoisotopic (exact) mass is 393 g/mol. The normalized spacial score (nSPS) is 14.6. The fourth-order valence-corrected chi connectivity index (χ4v) is 3.59. The number of nitrogens with one attached hydrogen (secondary N) is 1. The first-order chi connectivity index (χ1) is 14.2. The Morgan fingerprint density at radius 2 is 1.62 bits per heavy atom. The molecule has 1 aliphatic rings. The van der Waals surface area contributed by atoms with Crippen LogP contribution >= 0.6 is 0 Å². The van der Waals surface area contributed by atoms with Crippen molar-refractivity contribution in [3.05, 3.63) is 66.2 Å². The lowest BCUT2D eigenvalue weighted by atomic mass is 10.2. The van der Waals surface area contributed by atoms with Crippen LogP contribution in [0.15, 0.2) is 65.7 Å². The maximum absolute atomic E-state index is 12.7. The van der Waals surface area contributed by atoms with Gasteiger partial charge in [-0.25, -0.2) is 0 Å². The number of rotatable bonds is 6. The summed E-state index contributed by atoms with van der Waals surface area (Å²) in [6.45, 7) is 7.22. The van der Waals surface area contributed by atoms with E-state index in [0.717, 1.165) is 37.7 Å². The quantitative estimate of drug-likeness (QED) is 0.605. The minimum absolute atomic E-state index is 0.0837. The zero-order chi connectivity index (χ0) is 20.5. The summed E-state index contributed by atoms with van der Waals surface area (Å²) in [6, 6.07) is 20.6. The standard InChI is InChI=1S/C23H31N5O/c1-3-26(19-20-10-6-4-7-11-20)22(29)18-25-23(24-2)28-16-14-27(15-17-28)21-12-8-5-9-13-21/h4-13H,3,14-19H2,1-2H3,(H,24,25). The largest absolute Gasteiger partial charge is 0.368 e. The molecule has 154 valence electrons. The van der Waals surface area contributed by atoms with Crippen LogP contribution in [-0.2, 0) is 11.3 Å². The summed E-state index contributed by atoms with van der Waals surface area (Å²) >= 11 is 0. The van der Waals surface area contributed by atoms with Crippen molar-refractivity contribution in [3.8, 4) is 0 Å². The second-order valence-electron chi connectivity index (χ2n) is 7.10. The number of carbonyl (C=O) groups excluding carboxylic acids is 1. The van der Waals surface area contributed by atoms with Gasteiger partial charge in [-0.3, -0.25) is 9.79 Å². The lowest BCUT2D eigenvalue weighted by Gasteiger charge is -2.37. The molecular formula is C23H31N5O. The molecule has 0 aliphatic carbocycles. The third kappa shape index (κ3) is 5.73. The van der Waals surface area contributed by atoms with Gasteiger partial charge >= 0.3 is 0 Å². The van der Waals surface area contributed by atoms with Crippen LogP contribution in [0.1, 0.15) is 12.5 Å². The average Bonchev–Trinajstić information content (AvgIpc) is 2.79. The molecule has 0 aromatic heterocycles. The predicted octanol–water partition coefficient (Wildman–Crippen LogP) is 2.43. The first-order valence-electron chi connectivity index (χ1n) is 10.3. The van der Waals surface area contributed by atoms with E-state index >= 15 is 0 Å². The maximum atomic E-state index is 12.7. The number of hydrogen-bond acceptors (Lipinski definition) is 3. The molecule has 1 amide bonds. The second kappa shape index (κ2) is 10.5. The summed E-state index contributed by atoms with van der Waals surface area (Å²) in [4.78, 5) is 23.6. The number of piperazine rings is 1. The van der Waals surface area contributed by atoms with E-state index < -0.39 is 0 Å². The third-order valence-corrected chi connectivity index (χ3v) is 5.26. The van der Waals surface area contributed by atoms with Crippen molar-refractivity contribution in [2.75, 3.05) is 51.2 Å². The van der Waals surface area contributed by atoms with Crippen LogP contribution in [0.5, 0.6) is 0 Å². The van der Waals surface area contributed by atoms with Gasteiger partial charge in [0.15, 0.2) is 5.96 Å². The highest BCUT2D eigenvalue weighted by Crippen LogP contribution is 2.15. The van der Waals surface area contributed by atoms with E-state index in [0.29, 0.717) is 13.1 Å².